The van der Waals surface area contributed by atoms with Crippen LogP contribution in [0.4, 0.5) is 0 Å². The van der Waals surface area contributed by atoms with Crippen molar-refractivity contribution in [1.82, 2.24) is 0 Å². The van der Waals surface area contributed by atoms with Gasteiger partial charge in [0.25, 0.3) is 0 Å². The maximum absolute atomic E-state index is 2.25. The molecule has 2 aromatic rings. The van der Waals surface area contributed by atoms with E-state index in [4.69, 9.17) is 0 Å². The van der Waals surface area contributed by atoms with Crippen molar-refractivity contribution in [2.24, 2.45) is 0 Å². The average Bonchev–Trinajstić information content (AvgIpc) is 2.93. The van der Waals surface area contributed by atoms with E-state index in [2.05, 4.69) is 77.9 Å². The summed E-state index contributed by atoms with van der Waals surface area (Å²) < 4.78 is 0. The predicted octanol–water partition coefficient (Wildman–Crippen LogP) is -0.651. The van der Waals surface area contributed by atoms with Gasteiger partial charge in [-0.3, -0.25) is 0 Å². The molecule has 0 heterocycles. The van der Waals surface area contributed by atoms with Crippen molar-refractivity contribution in [2.75, 3.05) is 0 Å². The van der Waals surface area contributed by atoms with Crippen LogP contribution in [0, 0.1) is 27.7 Å². The molecule has 0 aliphatic heterocycles. The summed E-state index contributed by atoms with van der Waals surface area (Å²) in [5, 5.41) is 0. The normalized spacial score (nSPS) is 7.91. The smallest absolute Gasteiger partial charge is 1.00 e. The van der Waals surface area contributed by atoms with Crippen LogP contribution < -0.4 is 9.41 Å². The van der Waals surface area contributed by atoms with Gasteiger partial charge in [0.05, 0.1) is 0 Å². The van der Waals surface area contributed by atoms with Crippen LogP contribution in [-0.4, -0.2) is 9.52 Å². The third-order valence-corrected chi connectivity index (χ3v) is 4.36. The zero-order chi connectivity index (χ0) is 14.7. The van der Waals surface area contributed by atoms with Gasteiger partial charge in [-0.2, -0.15) is 34.4 Å². The van der Waals surface area contributed by atoms with Crippen molar-refractivity contribution in [2.45, 2.75) is 53.6 Å². The summed E-state index contributed by atoms with van der Waals surface area (Å²) in [6.07, 6.45) is 0. The Kier molecular flexibility index (Phi) is 25.2. The molecule has 0 saturated carbocycles. The molecular weight excluding hydrogens is 374 g/mol. The first-order chi connectivity index (χ1) is 9.02. The third-order valence-electron chi connectivity index (χ3n) is 3.21. The summed E-state index contributed by atoms with van der Waals surface area (Å²) in [6, 6.07) is 15.5. The van der Waals surface area contributed by atoms with Crippen LogP contribution in [0.5, 0.6) is 0 Å². The van der Waals surface area contributed by atoms with Gasteiger partial charge < -0.3 is 9.41 Å². The van der Waals surface area contributed by atoms with Crippen LogP contribution in [0.2, 0.25) is 12.1 Å². The quantitative estimate of drug-likeness (QED) is 0.463. The fraction of sp³-hybridized carbons (Fsp3) is 0.444. The molecule has 0 aliphatic carbocycles. The molecule has 0 nitrogen and oxygen atoms in total. The molecule has 0 fully saturated rings. The molecule has 0 saturated heterocycles. The van der Waals surface area contributed by atoms with Crippen molar-refractivity contribution in [3.8, 4) is 0 Å². The Labute approximate surface area is 157 Å². The zero-order valence-electron chi connectivity index (χ0n) is 14.7. The Morgan fingerprint density at radius 2 is 1.14 bits per heavy atom. The molecule has 4 heteroatoms. The Bertz CT molecular complexity index is 362. The number of halogens is 2. The first-order valence-corrected chi connectivity index (χ1v) is 8.85. The van der Waals surface area contributed by atoms with Gasteiger partial charge in [0.2, 0.25) is 0 Å². The third kappa shape index (κ3) is 14.6. The minimum atomic E-state index is 0. The van der Waals surface area contributed by atoms with E-state index in [9.17, 15) is 0 Å². The van der Waals surface area contributed by atoms with Crippen LogP contribution in [-0.2, 0) is 26.2 Å². The molecule has 0 bridgehead atoms. The van der Waals surface area contributed by atoms with Gasteiger partial charge in [-0.05, 0) is 0 Å². The van der Waals surface area contributed by atoms with E-state index in [1.54, 1.807) is 0 Å². The van der Waals surface area contributed by atoms with E-state index in [-0.39, 0.29) is 35.6 Å². The van der Waals surface area contributed by atoms with Crippen LogP contribution in [0.15, 0.2) is 36.4 Å². The second-order valence-corrected chi connectivity index (χ2v) is 7.10. The molecule has 0 N–H and O–H groups in total. The molecule has 0 spiro atoms. The van der Waals surface area contributed by atoms with Gasteiger partial charge >= 0.3 is 26.2 Å². The molecule has 0 aliphatic rings. The summed E-state index contributed by atoms with van der Waals surface area (Å²) in [6.45, 7) is 13.0. The molecule has 2 rings (SSSR count). The standard InChI is InChI=1S/2C7H9.C4H11Si.2FH.Zr/c2*1-6-4-3-5-7(6)2;1-3-5-4-2;;;/h2*3-5H,1-2H3;5H,3-4H2,1-2H3;2*1H;/q2*-1;;;;+4/p-2. The SMILES string of the molecule is CC[SiH]CC.Cc1ccc[c-]1C.Cc1ccc[c-]1C.[F-].[F-].[Zr+4]. The van der Waals surface area contributed by atoms with E-state index in [1.165, 1.54) is 34.3 Å². The molecular formula is C18H29F2SiZr. The van der Waals surface area contributed by atoms with Crippen LogP contribution in [0.25, 0.3) is 0 Å². The van der Waals surface area contributed by atoms with E-state index in [1.807, 2.05) is 0 Å². The molecule has 0 atom stereocenters. The fourth-order valence-corrected chi connectivity index (χ4v) is 2.07. The minimum absolute atomic E-state index is 0. The molecule has 1 radical (unpaired) electrons. The molecule has 0 aromatic heterocycles. The molecule has 22 heavy (non-hydrogen) atoms. The first-order valence-electron chi connectivity index (χ1n) is 7.22. The van der Waals surface area contributed by atoms with Crippen molar-refractivity contribution in [3.05, 3.63) is 58.7 Å². The summed E-state index contributed by atoms with van der Waals surface area (Å²) in [7, 11) is 0.815. The van der Waals surface area contributed by atoms with Gasteiger partial charge in [0.1, 0.15) is 0 Å². The predicted molar refractivity (Wildman–Crippen MR) is 91.1 cm³/mol. The van der Waals surface area contributed by atoms with E-state index in [0.717, 1.165) is 9.52 Å². The summed E-state index contributed by atoms with van der Waals surface area (Å²) in [5.41, 5.74) is 5.56. The van der Waals surface area contributed by atoms with Gasteiger partial charge in [0, 0.05) is 9.52 Å². The molecule has 2 aromatic carbocycles. The summed E-state index contributed by atoms with van der Waals surface area (Å²) in [4.78, 5) is 0. The maximum atomic E-state index is 2.25. The van der Waals surface area contributed by atoms with Crippen molar-refractivity contribution in [3.63, 3.8) is 0 Å². The van der Waals surface area contributed by atoms with Crippen LogP contribution in [0.1, 0.15) is 36.1 Å². The summed E-state index contributed by atoms with van der Waals surface area (Å²) >= 11 is 0. The minimum Gasteiger partial charge on any atom is -1.00 e. The topological polar surface area (TPSA) is 0 Å². The van der Waals surface area contributed by atoms with E-state index >= 15 is 0 Å². The zero-order valence-corrected chi connectivity index (χ0v) is 18.3. The van der Waals surface area contributed by atoms with E-state index < -0.39 is 0 Å². The Balaban J connectivity index is -0.000000105. The average molecular weight is 403 g/mol. The van der Waals surface area contributed by atoms with Gasteiger partial charge in [-0.15, -0.1) is 0 Å². The molecule has 0 unspecified atom stereocenters. The van der Waals surface area contributed by atoms with E-state index in [0.29, 0.717) is 0 Å². The molecule has 123 valence electrons. The summed E-state index contributed by atoms with van der Waals surface area (Å²) in [5.74, 6) is 0. The number of hydrogen-bond acceptors (Lipinski definition) is 0. The Hall–Kier alpha value is -0.340. The first kappa shape index (κ1) is 29.6. The monoisotopic (exact) mass is 401 g/mol. The van der Waals surface area contributed by atoms with Crippen molar-refractivity contribution < 1.29 is 35.6 Å². The van der Waals surface area contributed by atoms with Crippen molar-refractivity contribution in [1.29, 1.82) is 0 Å². The largest absolute Gasteiger partial charge is 4.00 e. The number of rotatable bonds is 2. The second-order valence-electron chi connectivity index (χ2n) is 4.89. The van der Waals surface area contributed by atoms with Gasteiger partial charge in [0.15, 0.2) is 0 Å². The maximum Gasteiger partial charge on any atom is 4.00 e. The Morgan fingerprint density at radius 1 is 0.818 bits per heavy atom. The van der Waals surface area contributed by atoms with Crippen LogP contribution in [0.3, 0.4) is 0 Å². The second kappa shape index (κ2) is 18.7. The van der Waals surface area contributed by atoms with Gasteiger partial charge in [-0.25, -0.2) is 24.3 Å². The Morgan fingerprint density at radius 3 is 1.18 bits per heavy atom. The fourth-order valence-electron chi connectivity index (χ4n) is 1.49. The van der Waals surface area contributed by atoms with Gasteiger partial charge in [-0.1, -0.05) is 53.6 Å². The molecule has 0 amide bonds. The van der Waals surface area contributed by atoms with Crippen molar-refractivity contribution >= 4 is 9.52 Å². The number of aryl methyl sites for hydroxylation is 4. The number of hydrogen-bond donors (Lipinski definition) is 0. The van der Waals surface area contributed by atoms with Crippen LogP contribution >= 0.6 is 0 Å².